The monoisotopic (exact) mass is 260 g/mol. The Morgan fingerprint density at radius 2 is 1.81 bits per heavy atom. The van der Waals surface area contributed by atoms with E-state index < -0.39 is 0 Å². The summed E-state index contributed by atoms with van der Waals surface area (Å²) in [7, 11) is 0. The fourth-order valence-corrected chi connectivity index (χ4v) is 3.16. The molecule has 1 saturated heterocycles. The second-order valence-electron chi connectivity index (χ2n) is 4.12. The van der Waals surface area contributed by atoms with Gasteiger partial charge in [-0.15, -0.1) is 0 Å². The van der Waals surface area contributed by atoms with E-state index >= 15 is 0 Å². The van der Waals surface area contributed by atoms with E-state index in [1.165, 1.54) is 43.4 Å². The van der Waals surface area contributed by atoms with Gasteiger partial charge in [0.05, 0.1) is 11.5 Å². The van der Waals surface area contributed by atoms with Crippen LogP contribution in [0.25, 0.3) is 0 Å². The molecule has 0 aromatic carbocycles. The highest BCUT2D eigenvalue weighted by atomic mass is 35.5. The third-order valence-electron chi connectivity index (χ3n) is 2.91. The fourth-order valence-electron chi connectivity index (χ4n) is 1.99. The predicted molar refractivity (Wildman–Crippen MR) is 68.3 cm³/mol. The molecular formula is C11H17ClN2OS. The molecule has 2 heterocycles. The summed E-state index contributed by atoms with van der Waals surface area (Å²) < 4.78 is 0. The molecule has 0 unspecified atom stereocenters. The topological polar surface area (TPSA) is 36.4 Å². The van der Waals surface area contributed by atoms with Crippen molar-refractivity contribution < 1.29 is 5.11 Å². The van der Waals surface area contributed by atoms with Gasteiger partial charge in [-0.2, -0.15) is 0 Å². The Bertz CT molecular complexity index is 335. The van der Waals surface area contributed by atoms with Crippen molar-refractivity contribution in [3.63, 3.8) is 0 Å². The number of aromatic nitrogens is 1. The van der Waals surface area contributed by atoms with Crippen LogP contribution in [0, 0.1) is 0 Å². The van der Waals surface area contributed by atoms with Gasteiger partial charge in [0.1, 0.15) is 5.15 Å². The quantitative estimate of drug-likeness (QED) is 0.888. The average Bonchev–Trinajstić information content (AvgIpc) is 2.59. The van der Waals surface area contributed by atoms with Crippen LogP contribution in [0.4, 0.5) is 5.13 Å². The molecule has 1 aromatic heterocycles. The van der Waals surface area contributed by atoms with Crippen molar-refractivity contribution in [1.82, 2.24) is 4.98 Å². The number of hydrogen-bond donors (Lipinski definition) is 1. The summed E-state index contributed by atoms with van der Waals surface area (Å²) in [5.74, 6) is 0. The van der Waals surface area contributed by atoms with Gasteiger partial charge in [-0.1, -0.05) is 42.2 Å². The molecule has 0 atom stereocenters. The lowest BCUT2D eigenvalue weighted by Crippen LogP contribution is -2.26. The van der Waals surface area contributed by atoms with Crippen LogP contribution in [0.3, 0.4) is 0 Å². The van der Waals surface area contributed by atoms with Crippen LogP contribution in [0.5, 0.6) is 0 Å². The van der Waals surface area contributed by atoms with Gasteiger partial charge < -0.3 is 10.0 Å². The van der Waals surface area contributed by atoms with Crippen LogP contribution in [0.2, 0.25) is 5.15 Å². The third kappa shape index (κ3) is 2.87. The van der Waals surface area contributed by atoms with Crippen LogP contribution in [-0.2, 0) is 6.61 Å². The van der Waals surface area contributed by atoms with Gasteiger partial charge in [0.25, 0.3) is 0 Å². The van der Waals surface area contributed by atoms with Crippen molar-refractivity contribution in [3.8, 4) is 0 Å². The molecule has 0 spiro atoms. The predicted octanol–water partition coefficient (Wildman–Crippen LogP) is 3.06. The molecule has 0 aliphatic carbocycles. The molecule has 0 saturated carbocycles. The molecule has 3 nitrogen and oxygen atoms in total. The molecule has 0 radical (unpaired) electrons. The summed E-state index contributed by atoms with van der Waals surface area (Å²) in [6, 6.07) is 0. The molecule has 5 heteroatoms. The number of aliphatic hydroxyl groups excluding tert-OH is 1. The maximum Gasteiger partial charge on any atom is 0.187 e. The smallest absolute Gasteiger partial charge is 0.187 e. The van der Waals surface area contributed by atoms with Crippen molar-refractivity contribution in [2.75, 3.05) is 18.0 Å². The molecule has 16 heavy (non-hydrogen) atoms. The minimum absolute atomic E-state index is 0.00958. The fraction of sp³-hybridized carbons (Fsp3) is 0.727. The Morgan fingerprint density at radius 3 is 2.38 bits per heavy atom. The summed E-state index contributed by atoms with van der Waals surface area (Å²) in [5.41, 5.74) is 0. The minimum atomic E-state index is -0.00958. The van der Waals surface area contributed by atoms with E-state index in [4.69, 9.17) is 16.7 Å². The zero-order valence-electron chi connectivity index (χ0n) is 9.28. The summed E-state index contributed by atoms with van der Waals surface area (Å²) in [5, 5.41) is 10.5. The van der Waals surface area contributed by atoms with Gasteiger partial charge in [0, 0.05) is 13.1 Å². The van der Waals surface area contributed by atoms with Crippen LogP contribution in [0.1, 0.15) is 37.0 Å². The zero-order chi connectivity index (χ0) is 11.4. The van der Waals surface area contributed by atoms with E-state index in [0.29, 0.717) is 5.15 Å². The molecule has 0 amide bonds. The summed E-state index contributed by atoms with van der Waals surface area (Å²) >= 11 is 7.46. The lowest BCUT2D eigenvalue weighted by Gasteiger charge is -2.23. The Morgan fingerprint density at radius 1 is 1.19 bits per heavy atom. The Balaban J connectivity index is 2.08. The van der Waals surface area contributed by atoms with Crippen molar-refractivity contribution >= 4 is 28.1 Å². The molecule has 2 rings (SSSR count). The van der Waals surface area contributed by atoms with Gasteiger partial charge in [0.15, 0.2) is 5.13 Å². The first kappa shape index (κ1) is 12.1. The van der Waals surface area contributed by atoms with Crippen LogP contribution < -0.4 is 4.90 Å². The third-order valence-corrected chi connectivity index (χ3v) is 4.43. The second kappa shape index (κ2) is 5.84. The van der Waals surface area contributed by atoms with Crippen LogP contribution >= 0.6 is 22.9 Å². The first-order chi connectivity index (χ1) is 7.81. The van der Waals surface area contributed by atoms with Crippen molar-refractivity contribution in [3.05, 3.63) is 10.0 Å². The van der Waals surface area contributed by atoms with E-state index in [1.54, 1.807) is 0 Å². The van der Waals surface area contributed by atoms with Crippen LogP contribution in [0.15, 0.2) is 0 Å². The van der Waals surface area contributed by atoms with E-state index in [1.807, 2.05) is 0 Å². The standard InChI is InChI=1S/C11H17ClN2OS/c12-10-9(8-15)16-11(13-10)14-6-4-2-1-3-5-7-14/h15H,1-8H2. The molecule has 90 valence electrons. The molecule has 1 aliphatic rings. The van der Waals surface area contributed by atoms with Crippen molar-refractivity contribution in [1.29, 1.82) is 0 Å². The Labute approximate surface area is 105 Å². The summed E-state index contributed by atoms with van der Waals surface area (Å²) in [4.78, 5) is 7.40. The first-order valence-corrected chi connectivity index (χ1v) is 7.01. The maximum atomic E-state index is 9.10. The molecule has 1 aliphatic heterocycles. The minimum Gasteiger partial charge on any atom is -0.391 e. The lowest BCUT2D eigenvalue weighted by atomic mass is 10.1. The van der Waals surface area contributed by atoms with E-state index in [9.17, 15) is 0 Å². The number of halogens is 1. The molecule has 1 N–H and O–H groups in total. The number of aliphatic hydroxyl groups is 1. The molecule has 1 fully saturated rings. The molecule has 0 bridgehead atoms. The van der Waals surface area contributed by atoms with Gasteiger partial charge >= 0.3 is 0 Å². The number of thiazole rings is 1. The van der Waals surface area contributed by atoms with Gasteiger partial charge in [0.2, 0.25) is 0 Å². The highest BCUT2D eigenvalue weighted by molar-refractivity contribution is 7.16. The molecule has 1 aromatic rings. The van der Waals surface area contributed by atoms with E-state index in [-0.39, 0.29) is 6.61 Å². The normalized spacial score (nSPS) is 18.2. The Kier molecular flexibility index (Phi) is 4.44. The SMILES string of the molecule is OCc1sc(N2CCCCCCC2)nc1Cl. The second-order valence-corrected chi connectivity index (χ2v) is 5.54. The molecular weight excluding hydrogens is 244 g/mol. The largest absolute Gasteiger partial charge is 0.391 e. The number of nitrogens with zero attached hydrogens (tertiary/aromatic N) is 2. The van der Waals surface area contributed by atoms with Crippen molar-refractivity contribution in [2.24, 2.45) is 0 Å². The van der Waals surface area contributed by atoms with Gasteiger partial charge in [-0.3, -0.25) is 0 Å². The number of rotatable bonds is 2. The van der Waals surface area contributed by atoms with Gasteiger partial charge in [-0.05, 0) is 12.8 Å². The van der Waals surface area contributed by atoms with E-state index in [0.717, 1.165) is 23.1 Å². The van der Waals surface area contributed by atoms with Gasteiger partial charge in [-0.25, -0.2) is 4.98 Å². The highest BCUT2D eigenvalue weighted by Crippen LogP contribution is 2.30. The Hall–Kier alpha value is -0.320. The number of anilines is 1. The lowest BCUT2D eigenvalue weighted by molar-refractivity contribution is 0.285. The first-order valence-electron chi connectivity index (χ1n) is 5.82. The summed E-state index contributed by atoms with van der Waals surface area (Å²) in [6.45, 7) is 2.12. The van der Waals surface area contributed by atoms with Crippen molar-refractivity contribution in [2.45, 2.75) is 38.7 Å². The highest BCUT2D eigenvalue weighted by Gasteiger charge is 2.15. The number of hydrogen-bond acceptors (Lipinski definition) is 4. The van der Waals surface area contributed by atoms with E-state index in [2.05, 4.69) is 9.88 Å². The maximum absolute atomic E-state index is 9.10. The average molecular weight is 261 g/mol. The summed E-state index contributed by atoms with van der Waals surface area (Å²) in [6.07, 6.45) is 6.43. The van der Waals surface area contributed by atoms with Crippen LogP contribution in [-0.4, -0.2) is 23.2 Å². The zero-order valence-corrected chi connectivity index (χ0v) is 10.9.